The van der Waals surface area contributed by atoms with Crippen molar-refractivity contribution < 1.29 is 9.72 Å². The quantitative estimate of drug-likeness (QED) is 0.685. The smallest absolute Gasteiger partial charge is 0.273 e. The number of hydrogen-bond acceptors (Lipinski definition) is 3. The van der Waals surface area contributed by atoms with Crippen LogP contribution in [-0.2, 0) is 0 Å². The molecule has 6 heteroatoms. The molecular weight excluding hydrogens is 292 g/mol. The van der Waals surface area contributed by atoms with E-state index in [1.54, 1.807) is 31.2 Å². The molecule has 0 aliphatic rings. The molecule has 0 saturated carbocycles. The first kappa shape index (κ1) is 15.0. The maximum atomic E-state index is 12.3. The minimum atomic E-state index is -0.500. The first-order valence-electron chi connectivity index (χ1n) is 6.21. The number of nitrogens with one attached hydrogen (secondary N) is 1. The average Bonchev–Trinajstić information content (AvgIpc) is 2.41. The lowest BCUT2D eigenvalue weighted by atomic mass is 10.1. The SMILES string of the molecule is Cc1cc(Cl)ccc1NC(=O)c1cccc([N+](=O)[O-])c1C. The first-order chi connectivity index (χ1) is 9.90. The molecule has 0 bridgehead atoms. The number of hydrogen-bond donors (Lipinski definition) is 1. The van der Waals surface area contributed by atoms with Crippen LogP contribution in [0, 0.1) is 24.0 Å². The van der Waals surface area contributed by atoms with E-state index in [1.165, 1.54) is 12.1 Å². The molecule has 0 spiro atoms. The van der Waals surface area contributed by atoms with Crippen LogP contribution in [0.15, 0.2) is 36.4 Å². The highest BCUT2D eigenvalue weighted by Crippen LogP contribution is 2.24. The Bertz CT molecular complexity index is 729. The van der Waals surface area contributed by atoms with Crippen molar-refractivity contribution in [1.29, 1.82) is 0 Å². The van der Waals surface area contributed by atoms with Crippen LogP contribution >= 0.6 is 11.6 Å². The number of benzene rings is 2. The molecule has 0 atom stereocenters. The zero-order valence-electron chi connectivity index (χ0n) is 11.5. The number of carbonyl (C=O) groups excluding carboxylic acids is 1. The number of nitro benzene ring substituents is 1. The second kappa shape index (κ2) is 5.93. The topological polar surface area (TPSA) is 72.2 Å². The van der Waals surface area contributed by atoms with Crippen LogP contribution in [0.25, 0.3) is 0 Å². The van der Waals surface area contributed by atoms with Crippen LogP contribution in [0.5, 0.6) is 0 Å². The molecule has 0 unspecified atom stereocenters. The van der Waals surface area contributed by atoms with E-state index in [9.17, 15) is 14.9 Å². The van der Waals surface area contributed by atoms with Crippen LogP contribution in [0.3, 0.4) is 0 Å². The Morgan fingerprint density at radius 2 is 1.95 bits per heavy atom. The number of anilines is 1. The van der Waals surface area contributed by atoms with Gasteiger partial charge in [0.2, 0.25) is 0 Å². The van der Waals surface area contributed by atoms with Crippen LogP contribution < -0.4 is 5.32 Å². The fourth-order valence-electron chi connectivity index (χ4n) is 2.02. The van der Waals surface area contributed by atoms with Crippen molar-refractivity contribution in [3.63, 3.8) is 0 Å². The molecule has 5 nitrogen and oxygen atoms in total. The Morgan fingerprint density at radius 1 is 1.24 bits per heavy atom. The Kier molecular flexibility index (Phi) is 4.23. The van der Waals surface area contributed by atoms with Crippen LogP contribution in [0.4, 0.5) is 11.4 Å². The van der Waals surface area contributed by atoms with Crippen molar-refractivity contribution in [1.82, 2.24) is 0 Å². The fraction of sp³-hybridized carbons (Fsp3) is 0.133. The highest BCUT2D eigenvalue weighted by Gasteiger charge is 2.18. The third kappa shape index (κ3) is 3.20. The summed E-state index contributed by atoms with van der Waals surface area (Å²) in [6, 6.07) is 9.53. The molecular formula is C15H13ClN2O3. The summed E-state index contributed by atoms with van der Waals surface area (Å²) >= 11 is 5.86. The van der Waals surface area contributed by atoms with Gasteiger partial charge >= 0.3 is 0 Å². The maximum Gasteiger partial charge on any atom is 0.273 e. The van der Waals surface area contributed by atoms with Gasteiger partial charge in [-0.1, -0.05) is 17.7 Å². The van der Waals surface area contributed by atoms with E-state index in [2.05, 4.69) is 5.32 Å². The molecule has 108 valence electrons. The molecule has 0 aliphatic heterocycles. The molecule has 0 fully saturated rings. The van der Waals surface area contributed by atoms with Crippen LogP contribution in [-0.4, -0.2) is 10.8 Å². The Labute approximate surface area is 126 Å². The lowest BCUT2D eigenvalue weighted by Gasteiger charge is -2.10. The number of aryl methyl sites for hydroxylation is 1. The van der Waals surface area contributed by atoms with E-state index in [0.717, 1.165) is 5.56 Å². The van der Waals surface area contributed by atoms with Gasteiger partial charge in [-0.2, -0.15) is 0 Å². The normalized spacial score (nSPS) is 10.2. The predicted molar refractivity (Wildman–Crippen MR) is 82.0 cm³/mol. The van der Waals surface area contributed by atoms with Gasteiger partial charge in [-0.25, -0.2) is 0 Å². The molecule has 2 aromatic carbocycles. The summed E-state index contributed by atoms with van der Waals surface area (Å²) in [7, 11) is 0. The fourth-order valence-corrected chi connectivity index (χ4v) is 2.25. The van der Waals surface area contributed by atoms with Gasteiger partial charge in [-0.3, -0.25) is 14.9 Å². The minimum absolute atomic E-state index is 0.0736. The van der Waals surface area contributed by atoms with Crippen molar-refractivity contribution in [2.24, 2.45) is 0 Å². The summed E-state index contributed by atoms with van der Waals surface area (Å²) in [5, 5.41) is 14.2. The van der Waals surface area contributed by atoms with Crippen LogP contribution in [0.1, 0.15) is 21.5 Å². The van der Waals surface area contributed by atoms with Crippen molar-refractivity contribution in [2.45, 2.75) is 13.8 Å². The van der Waals surface area contributed by atoms with E-state index in [0.29, 0.717) is 16.3 Å². The Balaban J connectivity index is 2.33. The molecule has 2 rings (SSSR count). The molecule has 0 saturated heterocycles. The second-order valence-electron chi connectivity index (χ2n) is 4.62. The van der Waals surface area contributed by atoms with E-state index >= 15 is 0 Å². The highest BCUT2D eigenvalue weighted by molar-refractivity contribution is 6.30. The number of amides is 1. The van der Waals surface area contributed by atoms with Crippen molar-refractivity contribution in [2.75, 3.05) is 5.32 Å². The third-order valence-electron chi connectivity index (χ3n) is 3.18. The molecule has 1 amide bonds. The number of carbonyl (C=O) groups is 1. The number of rotatable bonds is 3. The van der Waals surface area contributed by atoms with Crippen LogP contribution in [0.2, 0.25) is 5.02 Å². The largest absolute Gasteiger partial charge is 0.322 e. The van der Waals surface area contributed by atoms with Gasteiger partial charge in [0.15, 0.2) is 0 Å². The molecule has 2 aromatic rings. The van der Waals surface area contributed by atoms with E-state index in [4.69, 9.17) is 11.6 Å². The molecule has 0 radical (unpaired) electrons. The summed E-state index contributed by atoms with van der Waals surface area (Å²) in [5.41, 5.74) is 1.98. The average molecular weight is 305 g/mol. The molecule has 0 aromatic heterocycles. The lowest BCUT2D eigenvalue weighted by molar-refractivity contribution is -0.385. The van der Waals surface area contributed by atoms with Gasteiger partial charge in [0.05, 0.1) is 4.92 Å². The highest BCUT2D eigenvalue weighted by atomic mass is 35.5. The summed E-state index contributed by atoms with van der Waals surface area (Å²) in [6.45, 7) is 3.38. The van der Waals surface area contributed by atoms with Gasteiger partial charge in [0.1, 0.15) is 0 Å². The monoisotopic (exact) mass is 304 g/mol. The summed E-state index contributed by atoms with van der Waals surface area (Å²) < 4.78 is 0. The van der Waals surface area contributed by atoms with Crippen molar-refractivity contribution >= 4 is 28.9 Å². The molecule has 21 heavy (non-hydrogen) atoms. The zero-order chi connectivity index (χ0) is 15.6. The summed E-state index contributed by atoms with van der Waals surface area (Å²) in [4.78, 5) is 22.7. The second-order valence-corrected chi connectivity index (χ2v) is 5.06. The van der Waals surface area contributed by atoms with Gasteiger partial charge in [0, 0.05) is 27.9 Å². The number of nitrogens with zero attached hydrogens (tertiary/aromatic N) is 1. The molecule has 0 aliphatic carbocycles. The maximum absolute atomic E-state index is 12.3. The van der Waals surface area contributed by atoms with Gasteiger partial charge in [-0.05, 0) is 43.7 Å². The summed E-state index contributed by atoms with van der Waals surface area (Å²) in [6.07, 6.45) is 0. The Morgan fingerprint density at radius 3 is 2.57 bits per heavy atom. The predicted octanol–water partition coefficient (Wildman–Crippen LogP) is 4.12. The van der Waals surface area contributed by atoms with E-state index in [-0.39, 0.29) is 17.2 Å². The standard InChI is InChI=1S/C15H13ClN2O3/c1-9-8-11(16)6-7-13(9)17-15(19)12-4-3-5-14(10(12)2)18(20)21/h3-8H,1-2H3,(H,17,19). The van der Waals surface area contributed by atoms with Gasteiger partial charge in [-0.15, -0.1) is 0 Å². The number of nitro groups is 1. The molecule has 1 N–H and O–H groups in total. The third-order valence-corrected chi connectivity index (χ3v) is 3.42. The van der Waals surface area contributed by atoms with Crippen molar-refractivity contribution in [3.8, 4) is 0 Å². The zero-order valence-corrected chi connectivity index (χ0v) is 12.3. The Hall–Kier alpha value is -2.40. The van der Waals surface area contributed by atoms with E-state index in [1.807, 2.05) is 6.92 Å². The lowest BCUT2D eigenvalue weighted by Crippen LogP contribution is -2.14. The summed E-state index contributed by atoms with van der Waals surface area (Å²) in [5.74, 6) is -0.387. The van der Waals surface area contributed by atoms with Gasteiger partial charge in [0.25, 0.3) is 11.6 Å². The van der Waals surface area contributed by atoms with E-state index < -0.39 is 4.92 Å². The first-order valence-corrected chi connectivity index (χ1v) is 6.59. The number of halogens is 1. The minimum Gasteiger partial charge on any atom is -0.322 e. The van der Waals surface area contributed by atoms with Crippen molar-refractivity contribution in [3.05, 3.63) is 68.2 Å². The molecule has 0 heterocycles. The van der Waals surface area contributed by atoms with Gasteiger partial charge < -0.3 is 5.32 Å².